The molecule has 0 saturated heterocycles. The van der Waals surface area contributed by atoms with Crippen LogP contribution in [0.15, 0.2) is 30.9 Å². The van der Waals surface area contributed by atoms with Crippen LogP contribution in [0, 0.1) is 13.8 Å². The van der Waals surface area contributed by atoms with Crippen LogP contribution < -0.4 is 5.32 Å². The van der Waals surface area contributed by atoms with E-state index in [2.05, 4.69) is 31.8 Å². The summed E-state index contributed by atoms with van der Waals surface area (Å²) in [5, 5.41) is 2.92. The minimum Gasteiger partial charge on any atom is -0.348 e. The third-order valence-corrected chi connectivity index (χ3v) is 3.61. The lowest BCUT2D eigenvalue weighted by Gasteiger charge is -2.21. The standard InChI is InChI=1S/C17H24N2O2/c1-6-17(21)19(7-2)11-16(20)18-14(5)15-9-8-12(3)13(4)10-15/h6,8-10,14H,1,7,11H2,2-5H3,(H,18,20). The molecule has 0 aliphatic heterocycles. The summed E-state index contributed by atoms with van der Waals surface area (Å²) in [6, 6.07) is 6.05. The van der Waals surface area contributed by atoms with Crippen LogP contribution in [0.5, 0.6) is 0 Å². The fourth-order valence-electron chi connectivity index (χ4n) is 2.05. The van der Waals surface area contributed by atoms with Gasteiger partial charge in [-0.05, 0) is 50.5 Å². The van der Waals surface area contributed by atoms with Crippen molar-refractivity contribution in [2.45, 2.75) is 33.7 Å². The third-order valence-electron chi connectivity index (χ3n) is 3.61. The highest BCUT2D eigenvalue weighted by molar-refractivity contribution is 5.90. The normalized spacial score (nSPS) is 11.6. The Labute approximate surface area is 126 Å². The van der Waals surface area contributed by atoms with Crippen molar-refractivity contribution in [2.75, 3.05) is 13.1 Å². The number of amides is 2. The van der Waals surface area contributed by atoms with Crippen LogP contribution in [0.1, 0.15) is 36.6 Å². The molecule has 1 rings (SSSR count). The van der Waals surface area contributed by atoms with Gasteiger partial charge in [-0.3, -0.25) is 9.59 Å². The van der Waals surface area contributed by atoms with Crippen molar-refractivity contribution in [3.05, 3.63) is 47.5 Å². The zero-order valence-corrected chi connectivity index (χ0v) is 13.3. The number of nitrogens with zero attached hydrogens (tertiary/aromatic N) is 1. The number of rotatable bonds is 6. The van der Waals surface area contributed by atoms with Gasteiger partial charge in [-0.2, -0.15) is 0 Å². The number of nitrogens with one attached hydrogen (secondary N) is 1. The van der Waals surface area contributed by atoms with E-state index in [0.717, 1.165) is 5.56 Å². The van der Waals surface area contributed by atoms with Crippen molar-refractivity contribution in [2.24, 2.45) is 0 Å². The van der Waals surface area contributed by atoms with E-state index in [1.165, 1.54) is 22.1 Å². The second-order valence-electron chi connectivity index (χ2n) is 5.19. The molecule has 1 unspecified atom stereocenters. The molecule has 1 atom stereocenters. The Morgan fingerprint density at radius 2 is 2.00 bits per heavy atom. The summed E-state index contributed by atoms with van der Waals surface area (Å²) in [7, 11) is 0. The molecule has 1 aromatic rings. The molecule has 0 aromatic heterocycles. The molecule has 4 heteroatoms. The van der Waals surface area contributed by atoms with E-state index in [-0.39, 0.29) is 24.4 Å². The third kappa shape index (κ3) is 4.74. The summed E-state index contributed by atoms with van der Waals surface area (Å²) >= 11 is 0. The second-order valence-corrected chi connectivity index (χ2v) is 5.19. The summed E-state index contributed by atoms with van der Waals surface area (Å²) in [5.74, 6) is -0.399. The van der Waals surface area contributed by atoms with Crippen LogP contribution in [0.2, 0.25) is 0 Å². The fourth-order valence-corrected chi connectivity index (χ4v) is 2.05. The lowest BCUT2D eigenvalue weighted by atomic mass is 10.0. The highest BCUT2D eigenvalue weighted by Crippen LogP contribution is 2.16. The van der Waals surface area contributed by atoms with Crippen LogP contribution in [0.25, 0.3) is 0 Å². The van der Waals surface area contributed by atoms with Crippen molar-refractivity contribution in [3.63, 3.8) is 0 Å². The molecule has 2 amide bonds. The van der Waals surface area contributed by atoms with E-state index < -0.39 is 0 Å². The van der Waals surface area contributed by atoms with Gasteiger partial charge in [-0.25, -0.2) is 0 Å². The first-order chi connectivity index (χ1) is 9.88. The predicted octanol–water partition coefficient (Wildman–Crippen LogP) is 2.52. The van der Waals surface area contributed by atoms with Gasteiger partial charge in [0.25, 0.3) is 0 Å². The maximum absolute atomic E-state index is 12.0. The van der Waals surface area contributed by atoms with Crippen molar-refractivity contribution in [1.82, 2.24) is 10.2 Å². The molecule has 21 heavy (non-hydrogen) atoms. The summed E-state index contributed by atoms with van der Waals surface area (Å²) in [4.78, 5) is 25.0. The van der Waals surface area contributed by atoms with Gasteiger partial charge in [0.15, 0.2) is 0 Å². The molecule has 0 radical (unpaired) electrons. The molecule has 0 fully saturated rings. The van der Waals surface area contributed by atoms with Gasteiger partial charge < -0.3 is 10.2 Å². The molecular formula is C17H24N2O2. The van der Waals surface area contributed by atoms with E-state index in [0.29, 0.717) is 6.54 Å². The molecule has 0 bridgehead atoms. The van der Waals surface area contributed by atoms with Crippen molar-refractivity contribution in [3.8, 4) is 0 Å². The quantitative estimate of drug-likeness (QED) is 0.818. The number of carbonyl (C=O) groups excluding carboxylic acids is 2. The monoisotopic (exact) mass is 288 g/mol. The molecule has 4 nitrogen and oxygen atoms in total. The van der Waals surface area contributed by atoms with Crippen LogP contribution in [0.4, 0.5) is 0 Å². The van der Waals surface area contributed by atoms with Gasteiger partial charge in [-0.1, -0.05) is 24.8 Å². The van der Waals surface area contributed by atoms with Gasteiger partial charge in [0.1, 0.15) is 0 Å². The van der Waals surface area contributed by atoms with E-state index in [1.54, 1.807) is 0 Å². The maximum Gasteiger partial charge on any atom is 0.246 e. The Balaban J connectivity index is 2.67. The lowest BCUT2D eigenvalue weighted by Crippen LogP contribution is -2.40. The van der Waals surface area contributed by atoms with E-state index in [1.807, 2.05) is 26.0 Å². The molecule has 1 aromatic carbocycles. The lowest BCUT2D eigenvalue weighted by molar-refractivity contribution is -0.132. The van der Waals surface area contributed by atoms with Crippen LogP contribution >= 0.6 is 0 Å². The van der Waals surface area contributed by atoms with Crippen molar-refractivity contribution < 1.29 is 9.59 Å². The summed E-state index contributed by atoms with van der Waals surface area (Å²) < 4.78 is 0. The fraction of sp³-hybridized carbons (Fsp3) is 0.412. The van der Waals surface area contributed by atoms with Crippen molar-refractivity contribution >= 4 is 11.8 Å². The van der Waals surface area contributed by atoms with Crippen LogP contribution in [-0.2, 0) is 9.59 Å². The smallest absolute Gasteiger partial charge is 0.246 e. The van der Waals surface area contributed by atoms with E-state index in [9.17, 15) is 9.59 Å². The first kappa shape index (κ1) is 17.0. The van der Waals surface area contributed by atoms with Gasteiger partial charge in [0, 0.05) is 6.54 Å². The Morgan fingerprint density at radius 3 is 2.52 bits per heavy atom. The SMILES string of the molecule is C=CC(=O)N(CC)CC(=O)NC(C)c1ccc(C)c(C)c1. The molecule has 0 spiro atoms. The number of hydrogen-bond acceptors (Lipinski definition) is 2. The topological polar surface area (TPSA) is 49.4 Å². The van der Waals surface area contributed by atoms with Crippen LogP contribution in [0.3, 0.4) is 0 Å². The largest absolute Gasteiger partial charge is 0.348 e. The van der Waals surface area contributed by atoms with Gasteiger partial charge in [0.2, 0.25) is 11.8 Å². The molecule has 0 aliphatic carbocycles. The minimum absolute atomic E-state index is 0.0521. The molecule has 0 saturated carbocycles. The Kier molecular flexibility index (Phi) is 6.15. The maximum atomic E-state index is 12.0. The van der Waals surface area contributed by atoms with E-state index >= 15 is 0 Å². The number of aryl methyl sites for hydroxylation is 2. The molecule has 0 heterocycles. The summed E-state index contributed by atoms with van der Waals surface area (Å²) in [6.07, 6.45) is 1.23. The van der Waals surface area contributed by atoms with Gasteiger partial charge >= 0.3 is 0 Å². The highest BCUT2D eigenvalue weighted by atomic mass is 16.2. The Morgan fingerprint density at radius 1 is 1.33 bits per heavy atom. The zero-order valence-electron chi connectivity index (χ0n) is 13.3. The van der Waals surface area contributed by atoms with Gasteiger partial charge in [0.05, 0.1) is 12.6 Å². The zero-order chi connectivity index (χ0) is 16.0. The van der Waals surface area contributed by atoms with Crippen molar-refractivity contribution in [1.29, 1.82) is 0 Å². The van der Waals surface area contributed by atoms with E-state index in [4.69, 9.17) is 0 Å². The average Bonchev–Trinajstić information content (AvgIpc) is 2.46. The summed E-state index contributed by atoms with van der Waals surface area (Å²) in [6.45, 7) is 11.9. The molecule has 0 aliphatic rings. The average molecular weight is 288 g/mol. The first-order valence-corrected chi connectivity index (χ1v) is 7.16. The molecule has 1 N–H and O–H groups in total. The number of carbonyl (C=O) groups is 2. The second kappa shape index (κ2) is 7.62. The van der Waals surface area contributed by atoms with Crippen LogP contribution in [-0.4, -0.2) is 29.8 Å². The number of hydrogen-bond donors (Lipinski definition) is 1. The van der Waals surface area contributed by atoms with Gasteiger partial charge in [-0.15, -0.1) is 0 Å². The molecule has 114 valence electrons. The highest BCUT2D eigenvalue weighted by Gasteiger charge is 2.15. The Hall–Kier alpha value is -2.10. The molecular weight excluding hydrogens is 264 g/mol. The first-order valence-electron chi connectivity index (χ1n) is 7.16. The number of benzene rings is 1. The Bertz CT molecular complexity index is 538. The predicted molar refractivity (Wildman–Crippen MR) is 84.9 cm³/mol. The summed E-state index contributed by atoms with van der Waals surface area (Å²) in [5.41, 5.74) is 3.49. The minimum atomic E-state index is -0.230. The number of likely N-dealkylation sites (N-methyl/N-ethyl adjacent to an activating group) is 1.